The van der Waals surface area contributed by atoms with Gasteiger partial charge in [0.25, 0.3) is 0 Å². The molecule has 0 unspecified atom stereocenters. The largest absolute Gasteiger partial charge is 0.462 e. The second kappa shape index (κ2) is 12.4. The molecule has 0 amide bonds. The minimum Gasteiger partial charge on any atom is -0.462 e. The molecule has 3 aromatic rings. The standard InChI is InChI=1S/C28H21FO6/c1-3-27(30)34-17-15-32-23-11-9-21(10-12-23)20-5-7-22(8-6-20)25-14-13-24(19-26(25)29)33-16-18-35-28(31)4-2/h3-19H,1-2H2. The first-order valence-electron chi connectivity index (χ1n) is 10.3. The van der Waals surface area contributed by atoms with Crippen molar-refractivity contribution in [1.29, 1.82) is 0 Å². The molecule has 0 spiro atoms. The number of carbonyl (C=O) groups excluding carboxylic acids is 2. The highest BCUT2D eigenvalue weighted by atomic mass is 19.1. The van der Waals surface area contributed by atoms with E-state index in [-0.39, 0.29) is 5.75 Å². The molecule has 0 radical (unpaired) electrons. The van der Waals surface area contributed by atoms with Gasteiger partial charge in [-0.2, -0.15) is 0 Å². The highest BCUT2D eigenvalue weighted by molar-refractivity contribution is 5.82. The van der Waals surface area contributed by atoms with Gasteiger partial charge in [0.15, 0.2) is 0 Å². The molecule has 6 nitrogen and oxygen atoms in total. The molecule has 0 saturated heterocycles. The SMILES string of the molecule is C=CC(=O)OC=COc1ccc(-c2ccc(-c3ccc(OC=COC(=O)C=C)cc3F)cc2)cc1. The summed E-state index contributed by atoms with van der Waals surface area (Å²) < 4.78 is 34.6. The zero-order valence-electron chi connectivity index (χ0n) is 18.6. The molecular weight excluding hydrogens is 451 g/mol. The van der Waals surface area contributed by atoms with Crippen LogP contribution in [0.5, 0.6) is 11.5 Å². The van der Waals surface area contributed by atoms with Crippen molar-refractivity contribution in [2.45, 2.75) is 0 Å². The van der Waals surface area contributed by atoms with Gasteiger partial charge in [0, 0.05) is 23.8 Å². The van der Waals surface area contributed by atoms with Gasteiger partial charge < -0.3 is 18.9 Å². The quantitative estimate of drug-likeness (QED) is 0.195. The highest BCUT2D eigenvalue weighted by Crippen LogP contribution is 2.29. The Morgan fingerprint density at radius 3 is 1.60 bits per heavy atom. The number of hydrogen-bond acceptors (Lipinski definition) is 6. The van der Waals surface area contributed by atoms with E-state index in [9.17, 15) is 14.0 Å². The van der Waals surface area contributed by atoms with E-state index >= 15 is 0 Å². The number of halogens is 1. The van der Waals surface area contributed by atoms with E-state index in [1.807, 2.05) is 36.4 Å². The molecule has 176 valence electrons. The van der Waals surface area contributed by atoms with Gasteiger partial charge in [0.1, 0.15) is 42.4 Å². The maximum atomic E-state index is 14.6. The minimum absolute atomic E-state index is 0.254. The molecule has 3 aromatic carbocycles. The van der Waals surface area contributed by atoms with Crippen LogP contribution in [-0.4, -0.2) is 11.9 Å². The zero-order chi connectivity index (χ0) is 25.0. The number of hydrogen-bond donors (Lipinski definition) is 0. The van der Waals surface area contributed by atoms with Crippen LogP contribution in [0.3, 0.4) is 0 Å². The van der Waals surface area contributed by atoms with E-state index in [2.05, 4.69) is 22.6 Å². The zero-order valence-corrected chi connectivity index (χ0v) is 18.6. The van der Waals surface area contributed by atoms with Crippen LogP contribution in [0, 0.1) is 5.82 Å². The lowest BCUT2D eigenvalue weighted by Crippen LogP contribution is -1.93. The van der Waals surface area contributed by atoms with Crippen molar-refractivity contribution in [2.75, 3.05) is 0 Å². The van der Waals surface area contributed by atoms with Crippen molar-refractivity contribution in [1.82, 2.24) is 0 Å². The Bertz CT molecular complexity index is 1260. The summed E-state index contributed by atoms with van der Waals surface area (Å²) in [7, 11) is 0. The second-order valence-electron chi connectivity index (χ2n) is 6.81. The molecule has 0 aliphatic carbocycles. The van der Waals surface area contributed by atoms with Crippen molar-refractivity contribution < 1.29 is 32.9 Å². The first-order chi connectivity index (χ1) is 17.0. The monoisotopic (exact) mass is 472 g/mol. The second-order valence-corrected chi connectivity index (χ2v) is 6.81. The normalized spacial score (nSPS) is 10.7. The summed E-state index contributed by atoms with van der Waals surface area (Å²) in [5.41, 5.74) is 3.00. The molecule has 0 aliphatic heterocycles. The molecule has 0 aliphatic rings. The summed E-state index contributed by atoms with van der Waals surface area (Å²) in [6.45, 7) is 6.57. The third kappa shape index (κ3) is 7.30. The maximum absolute atomic E-state index is 14.6. The molecule has 0 fully saturated rings. The summed E-state index contributed by atoms with van der Waals surface area (Å²) in [5, 5.41) is 0. The fourth-order valence-corrected chi connectivity index (χ4v) is 2.87. The topological polar surface area (TPSA) is 71.1 Å². The summed E-state index contributed by atoms with van der Waals surface area (Å²) in [5.74, 6) is -0.840. The first-order valence-corrected chi connectivity index (χ1v) is 10.3. The Morgan fingerprint density at radius 1 is 0.629 bits per heavy atom. The Hall–Kier alpha value is -4.91. The van der Waals surface area contributed by atoms with Crippen molar-refractivity contribution in [3.05, 3.63) is 123 Å². The molecule has 0 atom stereocenters. The highest BCUT2D eigenvalue weighted by Gasteiger charge is 2.08. The third-order valence-corrected chi connectivity index (χ3v) is 4.55. The van der Waals surface area contributed by atoms with Crippen LogP contribution in [0.15, 0.2) is 117 Å². The average Bonchev–Trinajstić information content (AvgIpc) is 2.89. The molecule has 35 heavy (non-hydrogen) atoms. The number of esters is 2. The van der Waals surface area contributed by atoms with Gasteiger partial charge in [0.05, 0.1) is 0 Å². The van der Waals surface area contributed by atoms with E-state index < -0.39 is 17.8 Å². The molecule has 3 rings (SSSR count). The van der Waals surface area contributed by atoms with Crippen LogP contribution in [0.25, 0.3) is 22.3 Å². The minimum atomic E-state index is -0.625. The van der Waals surface area contributed by atoms with Gasteiger partial charge >= 0.3 is 11.9 Å². The molecule has 7 heteroatoms. The Kier molecular flexibility index (Phi) is 8.73. The molecule has 0 bridgehead atoms. The van der Waals surface area contributed by atoms with Crippen molar-refractivity contribution in [3.8, 4) is 33.8 Å². The van der Waals surface area contributed by atoms with E-state index in [1.165, 1.54) is 12.3 Å². The molecule has 0 aromatic heterocycles. The smallest absolute Gasteiger partial charge is 0.335 e. The van der Waals surface area contributed by atoms with Gasteiger partial charge in [-0.05, 0) is 41.0 Å². The molecule has 0 saturated carbocycles. The van der Waals surface area contributed by atoms with E-state index in [0.717, 1.165) is 42.1 Å². The Morgan fingerprint density at radius 2 is 1.09 bits per heavy atom. The molecule has 0 N–H and O–H groups in total. The average molecular weight is 472 g/mol. The molecular formula is C28H21FO6. The van der Waals surface area contributed by atoms with Gasteiger partial charge in [-0.1, -0.05) is 49.6 Å². The van der Waals surface area contributed by atoms with Crippen LogP contribution in [0.4, 0.5) is 4.39 Å². The van der Waals surface area contributed by atoms with Crippen LogP contribution >= 0.6 is 0 Å². The van der Waals surface area contributed by atoms with Gasteiger partial charge in [-0.3, -0.25) is 0 Å². The number of rotatable bonds is 10. The van der Waals surface area contributed by atoms with Crippen LogP contribution in [0.2, 0.25) is 0 Å². The van der Waals surface area contributed by atoms with Gasteiger partial charge in [0.2, 0.25) is 0 Å². The summed E-state index contributed by atoms with van der Waals surface area (Å²) in [6.07, 6.45) is 6.63. The van der Waals surface area contributed by atoms with Crippen molar-refractivity contribution in [2.24, 2.45) is 0 Å². The molecule has 0 heterocycles. The lowest BCUT2D eigenvalue weighted by Gasteiger charge is -2.08. The predicted molar refractivity (Wildman–Crippen MR) is 129 cm³/mol. The summed E-state index contributed by atoms with van der Waals surface area (Å²) >= 11 is 0. The van der Waals surface area contributed by atoms with E-state index in [4.69, 9.17) is 9.47 Å². The fourth-order valence-electron chi connectivity index (χ4n) is 2.87. The summed E-state index contributed by atoms with van der Waals surface area (Å²) in [4.78, 5) is 21.9. The third-order valence-electron chi connectivity index (χ3n) is 4.55. The summed E-state index contributed by atoms with van der Waals surface area (Å²) in [6, 6.07) is 19.2. The van der Waals surface area contributed by atoms with E-state index in [0.29, 0.717) is 16.9 Å². The lowest BCUT2D eigenvalue weighted by atomic mass is 10.00. The number of ether oxygens (including phenoxy) is 4. The van der Waals surface area contributed by atoms with Crippen LogP contribution < -0.4 is 9.47 Å². The van der Waals surface area contributed by atoms with Crippen LogP contribution in [-0.2, 0) is 19.1 Å². The number of benzene rings is 3. The van der Waals surface area contributed by atoms with Gasteiger partial charge in [-0.25, -0.2) is 14.0 Å². The van der Waals surface area contributed by atoms with E-state index in [1.54, 1.807) is 24.3 Å². The predicted octanol–water partition coefficient (Wildman–Crippen LogP) is 6.32. The Labute approximate surface area is 201 Å². The van der Waals surface area contributed by atoms with Crippen molar-refractivity contribution >= 4 is 11.9 Å². The van der Waals surface area contributed by atoms with Gasteiger partial charge in [-0.15, -0.1) is 0 Å². The Balaban J connectivity index is 1.62. The van der Waals surface area contributed by atoms with Crippen molar-refractivity contribution in [3.63, 3.8) is 0 Å². The lowest BCUT2D eigenvalue weighted by molar-refractivity contribution is -0.133. The number of carbonyl (C=O) groups is 2. The fraction of sp³-hybridized carbons (Fsp3) is 0. The van der Waals surface area contributed by atoms with Crippen LogP contribution in [0.1, 0.15) is 0 Å². The first kappa shape index (κ1) is 24.7. The maximum Gasteiger partial charge on any atom is 0.335 e.